The molecule has 2 aliphatic rings. The largest absolute Gasteiger partial charge is 0.249 e. The van der Waals surface area contributed by atoms with Gasteiger partial charge in [0.25, 0.3) is 0 Å². The topological polar surface area (TPSA) is 25.8 Å². The lowest BCUT2D eigenvalue weighted by molar-refractivity contribution is 0.168. The third-order valence-electron chi connectivity index (χ3n) is 8.58. The normalized spacial score (nSPS) is 26.8. The zero-order valence-corrected chi connectivity index (χ0v) is 22.5. The van der Waals surface area contributed by atoms with Crippen molar-refractivity contribution in [3.8, 4) is 0 Å². The van der Waals surface area contributed by atoms with Crippen LogP contribution >= 0.6 is 11.8 Å². The van der Waals surface area contributed by atoms with E-state index in [0.717, 1.165) is 11.8 Å². The van der Waals surface area contributed by atoms with E-state index in [2.05, 4.69) is 65.8 Å². The van der Waals surface area contributed by atoms with E-state index in [4.69, 9.17) is 9.97 Å². The zero-order chi connectivity index (χ0) is 23.6. The van der Waals surface area contributed by atoms with Crippen molar-refractivity contribution in [1.29, 1.82) is 0 Å². The van der Waals surface area contributed by atoms with Crippen molar-refractivity contribution in [2.24, 2.45) is 22.7 Å². The lowest BCUT2D eigenvalue weighted by Gasteiger charge is -2.37. The molecule has 2 saturated carbocycles. The molecule has 2 heterocycles. The molecule has 4 rings (SSSR count). The van der Waals surface area contributed by atoms with Gasteiger partial charge in [-0.25, -0.2) is 9.97 Å². The molecule has 180 valence electrons. The van der Waals surface area contributed by atoms with Crippen molar-refractivity contribution in [3.05, 3.63) is 47.8 Å². The minimum absolute atomic E-state index is 0.423. The lowest BCUT2D eigenvalue weighted by Crippen LogP contribution is -2.25. The molecule has 0 N–H and O–H groups in total. The Balaban J connectivity index is 1.49. The summed E-state index contributed by atoms with van der Waals surface area (Å²) < 4.78 is 0. The fraction of sp³-hybridized carbons (Fsp3) is 0.667. The Morgan fingerprint density at radius 3 is 1.30 bits per heavy atom. The van der Waals surface area contributed by atoms with Gasteiger partial charge in [-0.15, -0.1) is 0 Å². The van der Waals surface area contributed by atoms with E-state index in [1.807, 2.05) is 24.2 Å². The highest BCUT2D eigenvalue weighted by Gasteiger charge is 2.33. The Kier molecular flexibility index (Phi) is 7.58. The Hall–Kier alpha value is -1.35. The first-order valence-electron chi connectivity index (χ1n) is 13.2. The maximum absolute atomic E-state index is 4.87. The molecule has 0 aliphatic heterocycles. The average molecular weight is 465 g/mol. The molecule has 3 heteroatoms. The summed E-state index contributed by atoms with van der Waals surface area (Å²) >= 11 is 1.82. The molecule has 0 unspecified atom stereocenters. The van der Waals surface area contributed by atoms with E-state index in [1.165, 1.54) is 72.5 Å². The molecule has 0 amide bonds. The molecule has 0 spiro atoms. The summed E-state index contributed by atoms with van der Waals surface area (Å²) in [5, 5.41) is 2.36. The predicted molar refractivity (Wildman–Crippen MR) is 141 cm³/mol. The first-order valence-corrected chi connectivity index (χ1v) is 14.0. The Labute approximate surface area is 206 Å². The van der Waals surface area contributed by atoms with Crippen LogP contribution in [0.4, 0.5) is 0 Å². The van der Waals surface area contributed by atoms with Gasteiger partial charge >= 0.3 is 0 Å². The average Bonchev–Trinajstić information content (AvgIpc) is 2.79. The number of pyridine rings is 2. The van der Waals surface area contributed by atoms with Crippen LogP contribution in [0.15, 0.2) is 46.7 Å². The Morgan fingerprint density at radius 2 is 0.970 bits per heavy atom. The first-order chi connectivity index (χ1) is 15.6. The van der Waals surface area contributed by atoms with Gasteiger partial charge in [-0.2, -0.15) is 0 Å². The maximum atomic E-state index is 4.87. The molecule has 2 fully saturated rings. The quantitative estimate of drug-likeness (QED) is 0.451. The summed E-state index contributed by atoms with van der Waals surface area (Å²) in [5.74, 6) is 2.95. The van der Waals surface area contributed by atoms with E-state index in [1.54, 1.807) is 0 Å². The second-order valence-corrected chi connectivity index (χ2v) is 13.7. The molecule has 0 atom stereocenters. The monoisotopic (exact) mass is 464 g/mol. The van der Waals surface area contributed by atoms with Crippen LogP contribution in [0, 0.1) is 22.7 Å². The maximum Gasteiger partial charge on any atom is 0.106 e. The van der Waals surface area contributed by atoms with E-state index >= 15 is 0 Å². The van der Waals surface area contributed by atoms with Crippen LogP contribution in [-0.4, -0.2) is 9.97 Å². The molecule has 33 heavy (non-hydrogen) atoms. The van der Waals surface area contributed by atoms with Gasteiger partial charge in [0.1, 0.15) is 10.1 Å². The number of hydrogen-bond donors (Lipinski definition) is 0. The molecule has 0 bridgehead atoms. The Bertz CT molecular complexity index is 832. The summed E-state index contributed by atoms with van der Waals surface area (Å²) in [5.41, 5.74) is 3.74. The van der Waals surface area contributed by atoms with Gasteiger partial charge in [0.05, 0.1) is 0 Å². The molecule has 2 nitrogen and oxygen atoms in total. The molecule has 0 radical (unpaired) electrons. The van der Waals surface area contributed by atoms with Gasteiger partial charge in [0.15, 0.2) is 0 Å². The van der Waals surface area contributed by atoms with Gasteiger partial charge < -0.3 is 0 Å². The molecular formula is C30H44N2S. The van der Waals surface area contributed by atoms with E-state index in [9.17, 15) is 0 Å². The van der Waals surface area contributed by atoms with Gasteiger partial charge in [-0.05, 0) is 121 Å². The van der Waals surface area contributed by atoms with Crippen LogP contribution in [-0.2, 0) is 0 Å². The first kappa shape index (κ1) is 24.8. The molecular weight excluding hydrogens is 420 g/mol. The van der Waals surface area contributed by atoms with Crippen molar-refractivity contribution in [2.45, 2.75) is 115 Å². The molecule has 2 aromatic heterocycles. The van der Waals surface area contributed by atoms with Gasteiger partial charge in [0, 0.05) is 12.4 Å². The Morgan fingerprint density at radius 1 is 0.606 bits per heavy atom. The summed E-state index contributed by atoms with van der Waals surface area (Å²) in [6, 6.07) is 8.91. The van der Waals surface area contributed by atoms with Crippen LogP contribution in [0.25, 0.3) is 0 Å². The minimum atomic E-state index is 0.423. The van der Waals surface area contributed by atoms with Crippen LogP contribution in [0.3, 0.4) is 0 Å². The second-order valence-electron chi connectivity index (χ2n) is 12.7. The van der Waals surface area contributed by atoms with Crippen LogP contribution in [0.5, 0.6) is 0 Å². The van der Waals surface area contributed by atoms with E-state index < -0.39 is 0 Å². The third-order valence-corrected chi connectivity index (χ3v) is 9.65. The highest BCUT2D eigenvalue weighted by Crippen LogP contribution is 2.47. The number of hydrogen-bond acceptors (Lipinski definition) is 3. The van der Waals surface area contributed by atoms with Crippen molar-refractivity contribution >= 4 is 11.8 Å². The van der Waals surface area contributed by atoms with Gasteiger partial charge in [0.2, 0.25) is 0 Å². The van der Waals surface area contributed by atoms with Crippen molar-refractivity contribution < 1.29 is 0 Å². The summed E-state index contributed by atoms with van der Waals surface area (Å²) in [7, 11) is 0. The smallest absolute Gasteiger partial charge is 0.106 e. The number of nitrogens with zero attached hydrogens (tertiary/aromatic N) is 2. The van der Waals surface area contributed by atoms with Crippen molar-refractivity contribution in [3.63, 3.8) is 0 Å². The highest BCUT2D eigenvalue weighted by molar-refractivity contribution is 7.99. The van der Waals surface area contributed by atoms with Crippen LogP contribution in [0.1, 0.15) is 116 Å². The molecule has 2 aromatic rings. The number of aromatic nitrogens is 2. The molecule has 0 saturated heterocycles. The SMILES string of the molecule is CC(C)(C)C1CCC(c2cccnc2Sc2ncccc2C2CCC(C(C)(C)C)CC2)CC1. The summed E-state index contributed by atoms with van der Waals surface area (Å²) in [4.78, 5) is 9.74. The molecule has 2 aliphatic carbocycles. The van der Waals surface area contributed by atoms with Crippen molar-refractivity contribution in [1.82, 2.24) is 9.97 Å². The zero-order valence-electron chi connectivity index (χ0n) is 21.7. The highest BCUT2D eigenvalue weighted by atomic mass is 32.2. The summed E-state index contributed by atoms with van der Waals surface area (Å²) in [6.07, 6.45) is 14.4. The lowest BCUT2D eigenvalue weighted by atomic mass is 9.69. The van der Waals surface area contributed by atoms with Gasteiger partial charge in [-0.3, -0.25) is 0 Å². The van der Waals surface area contributed by atoms with E-state index in [0.29, 0.717) is 22.7 Å². The number of rotatable bonds is 4. The molecule has 0 aromatic carbocycles. The minimum Gasteiger partial charge on any atom is -0.249 e. The van der Waals surface area contributed by atoms with Gasteiger partial charge in [-0.1, -0.05) is 53.7 Å². The second kappa shape index (κ2) is 10.1. The van der Waals surface area contributed by atoms with Crippen LogP contribution in [0.2, 0.25) is 0 Å². The van der Waals surface area contributed by atoms with E-state index in [-0.39, 0.29) is 0 Å². The fourth-order valence-electron chi connectivity index (χ4n) is 6.23. The fourth-order valence-corrected chi connectivity index (χ4v) is 7.35. The predicted octanol–water partition coefficient (Wildman–Crippen LogP) is 9.27. The van der Waals surface area contributed by atoms with Crippen molar-refractivity contribution in [2.75, 3.05) is 0 Å². The third kappa shape index (κ3) is 6.02. The van der Waals surface area contributed by atoms with Crippen LogP contribution < -0.4 is 0 Å². The summed E-state index contributed by atoms with van der Waals surface area (Å²) in [6.45, 7) is 14.4. The standard InChI is InChI=1S/C30H44N2S/c1-29(2,3)23-15-11-21(12-16-23)25-9-7-19-31-27(25)33-28-26(10-8-20-32-28)22-13-17-24(18-14-22)30(4,5)6/h7-10,19-24H,11-18H2,1-6H3.